The van der Waals surface area contributed by atoms with Gasteiger partial charge in [0.15, 0.2) is 0 Å². The first-order chi connectivity index (χ1) is 8.16. The van der Waals surface area contributed by atoms with Crippen LogP contribution in [-0.2, 0) is 0 Å². The van der Waals surface area contributed by atoms with Gasteiger partial charge in [0.05, 0.1) is 0 Å². The average molecular weight is 235 g/mol. The molecule has 1 aromatic carbocycles. The second kappa shape index (κ2) is 5.41. The number of benzene rings is 1. The maximum absolute atomic E-state index is 9.75. The minimum Gasteiger partial charge on any atom is -0.508 e. The van der Waals surface area contributed by atoms with Crippen LogP contribution in [-0.4, -0.2) is 16.8 Å². The van der Waals surface area contributed by atoms with Gasteiger partial charge in [-0.3, -0.25) is 0 Å². The highest BCUT2D eigenvalue weighted by Gasteiger charge is 2.17. The first-order valence-corrected chi connectivity index (χ1v) is 6.42. The molecule has 2 rings (SSSR count). The van der Waals surface area contributed by atoms with Gasteiger partial charge in [0.2, 0.25) is 0 Å². The summed E-state index contributed by atoms with van der Waals surface area (Å²) in [5.74, 6) is 1.22. The molecule has 3 heteroatoms. The minimum absolute atomic E-state index is 0.0719. The summed E-state index contributed by atoms with van der Waals surface area (Å²) in [5, 5.41) is 22.6. The molecule has 1 atom stereocenters. The summed E-state index contributed by atoms with van der Waals surface area (Å²) in [5.41, 5.74) is 0.767. The molecule has 0 bridgehead atoms. The van der Waals surface area contributed by atoms with Crippen LogP contribution in [0.15, 0.2) is 18.2 Å². The first kappa shape index (κ1) is 12.2. The van der Waals surface area contributed by atoms with E-state index < -0.39 is 0 Å². The maximum atomic E-state index is 9.75. The number of phenols is 2. The fraction of sp³-hybridized carbons (Fsp3) is 0.571. The lowest BCUT2D eigenvalue weighted by Crippen LogP contribution is -2.24. The second-order valence-corrected chi connectivity index (χ2v) is 5.02. The lowest BCUT2D eigenvalue weighted by Gasteiger charge is -2.18. The zero-order valence-corrected chi connectivity index (χ0v) is 10.3. The molecular weight excluding hydrogens is 214 g/mol. The number of rotatable bonds is 4. The van der Waals surface area contributed by atoms with Crippen LogP contribution >= 0.6 is 0 Å². The summed E-state index contributed by atoms with van der Waals surface area (Å²) in [6.07, 6.45) is 5.31. The number of hydrogen-bond donors (Lipinski definition) is 3. The molecule has 0 radical (unpaired) electrons. The van der Waals surface area contributed by atoms with E-state index >= 15 is 0 Å². The number of nitrogens with one attached hydrogen (secondary N) is 1. The van der Waals surface area contributed by atoms with Gasteiger partial charge in [-0.1, -0.05) is 12.8 Å². The molecule has 3 N–H and O–H groups in total. The molecule has 1 aromatic rings. The fourth-order valence-corrected chi connectivity index (χ4v) is 2.56. The van der Waals surface area contributed by atoms with Crippen molar-refractivity contribution in [2.24, 2.45) is 5.92 Å². The van der Waals surface area contributed by atoms with Crippen LogP contribution in [0.4, 0.5) is 0 Å². The second-order valence-electron chi connectivity index (χ2n) is 5.02. The van der Waals surface area contributed by atoms with Gasteiger partial charge in [-0.2, -0.15) is 0 Å². The van der Waals surface area contributed by atoms with E-state index in [0.29, 0.717) is 0 Å². The zero-order chi connectivity index (χ0) is 12.3. The van der Waals surface area contributed by atoms with Crippen molar-refractivity contribution in [2.75, 3.05) is 6.54 Å². The van der Waals surface area contributed by atoms with Crippen LogP contribution in [0.25, 0.3) is 0 Å². The van der Waals surface area contributed by atoms with E-state index in [4.69, 9.17) is 0 Å². The van der Waals surface area contributed by atoms with E-state index in [9.17, 15) is 10.2 Å². The van der Waals surface area contributed by atoms with Crippen molar-refractivity contribution in [3.8, 4) is 11.5 Å². The number of aromatic hydroxyl groups is 2. The van der Waals surface area contributed by atoms with Gasteiger partial charge in [-0.15, -0.1) is 0 Å². The fourth-order valence-electron chi connectivity index (χ4n) is 2.56. The summed E-state index contributed by atoms with van der Waals surface area (Å²) < 4.78 is 0. The van der Waals surface area contributed by atoms with Crippen molar-refractivity contribution in [1.82, 2.24) is 5.32 Å². The van der Waals surface area contributed by atoms with Crippen molar-refractivity contribution in [2.45, 2.75) is 38.6 Å². The molecule has 0 saturated heterocycles. The quantitative estimate of drug-likeness (QED) is 0.703. The monoisotopic (exact) mass is 235 g/mol. The van der Waals surface area contributed by atoms with Crippen molar-refractivity contribution in [1.29, 1.82) is 0 Å². The molecule has 1 fully saturated rings. The molecule has 0 spiro atoms. The lowest BCUT2D eigenvalue weighted by molar-refractivity contribution is 0.421. The molecule has 1 aliphatic carbocycles. The first-order valence-electron chi connectivity index (χ1n) is 6.42. The minimum atomic E-state index is 0.0719. The van der Waals surface area contributed by atoms with Crippen LogP contribution in [0.5, 0.6) is 11.5 Å². The van der Waals surface area contributed by atoms with Crippen LogP contribution < -0.4 is 5.32 Å². The third kappa shape index (κ3) is 3.13. The van der Waals surface area contributed by atoms with Crippen molar-refractivity contribution < 1.29 is 10.2 Å². The van der Waals surface area contributed by atoms with Crippen LogP contribution in [0.3, 0.4) is 0 Å². The van der Waals surface area contributed by atoms with Crippen molar-refractivity contribution in [3.05, 3.63) is 23.8 Å². The van der Waals surface area contributed by atoms with Gasteiger partial charge in [0.1, 0.15) is 11.5 Å². The Morgan fingerprint density at radius 1 is 1.29 bits per heavy atom. The molecule has 0 aromatic heterocycles. The highest BCUT2D eigenvalue weighted by atomic mass is 16.3. The molecule has 94 valence electrons. The van der Waals surface area contributed by atoms with Gasteiger partial charge in [0, 0.05) is 11.6 Å². The van der Waals surface area contributed by atoms with E-state index in [1.54, 1.807) is 12.1 Å². The van der Waals surface area contributed by atoms with E-state index in [-0.39, 0.29) is 17.5 Å². The lowest BCUT2D eigenvalue weighted by atomic mass is 10.0. The Kier molecular flexibility index (Phi) is 3.89. The molecule has 0 heterocycles. The van der Waals surface area contributed by atoms with Gasteiger partial charge in [-0.25, -0.2) is 0 Å². The highest BCUT2D eigenvalue weighted by molar-refractivity contribution is 5.40. The van der Waals surface area contributed by atoms with E-state index in [1.807, 2.05) is 6.92 Å². The van der Waals surface area contributed by atoms with Crippen molar-refractivity contribution in [3.63, 3.8) is 0 Å². The summed E-state index contributed by atoms with van der Waals surface area (Å²) in [7, 11) is 0. The van der Waals surface area contributed by atoms with Gasteiger partial charge in [-0.05, 0) is 50.4 Å². The highest BCUT2D eigenvalue weighted by Crippen LogP contribution is 2.29. The number of hydrogen-bond acceptors (Lipinski definition) is 3. The van der Waals surface area contributed by atoms with Crippen molar-refractivity contribution >= 4 is 0 Å². The molecule has 1 unspecified atom stereocenters. The molecule has 17 heavy (non-hydrogen) atoms. The van der Waals surface area contributed by atoms with E-state index in [0.717, 1.165) is 18.0 Å². The zero-order valence-electron chi connectivity index (χ0n) is 10.3. The molecular formula is C14H21NO2. The topological polar surface area (TPSA) is 52.5 Å². The van der Waals surface area contributed by atoms with E-state index in [2.05, 4.69) is 5.32 Å². The predicted octanol–water partition coefficient (Wildman–Crippen LogP) is 2.94. The Bertz CT molecular complexity index is 372. The van der Waals surface area contributed by atoms with E-state index in [1.165, 1.54) is 31.7 Å². The van der Waals surface area contributed by atoms with Gasteiger partial charge < -0.3 is 15.5 Å². The average Bonchev–Trinajstić information content (AvgIpc) is 2.82. The maximum Gasteiger partial charge on any atom is 0.120 e. The molecule has 0 amide bonds. The predicted molar refractivity (Wildman–Crippen MR) is 68.1 cm³/mol. The SMILES string of the molecule is CC(NCC1CCCC1)c1cc(O)ccc1O. The summed E-state index contributed by atoms with van der Waals surface area (Å²) in [4.78, 5) is 0. The van der Waals surface area contributed by atoms with Crippen LogP contribution in [0.2, 0.25) is 0 Å². The molecule has 3 nitrogen and oxygen atoms in total. The molecule has 1 saturated carbocycles. The normalized spacial score (nSPS) is 18.4. The molecule has 1 aliphatic rings. The van der Waals surface area contributed by atoms with Crippen LogP contribution in [0.1, 0.15) is 44.2 Å². The smallest absolute Gasteiger partial charge is 0.120 e. The summed E-state index contributed by atoms with van der Waals surface area (Å²) in [6.45, 7) is 3.01. The Morgan fingerprint density at radius 2 is 2.00 bits per heavy atom. The van der Waals surface area contributed by atoms with Crippen LogP contribution in [0, 0.1) is 5.92 Å². The Balaban J connectivity index is 1.93. The standard InChI is InChI=1S/C14H21NO2/c1-10(15-9-11-4-2-3-5-11)13-8-12(16)6-7-14(13)17/h6-8,10-11,15-17H,2-5,9H2,1H3. The Morgan fingerprint density at radius 3 is 2.71 bits per heavy atom. The van der Waals surface area contributed by atoms with Gasteiger partial charge in [0.25, 0.3) is 0 Å². The number of phenolic OH excluding ortho intramolecular Hbond substituents is 2. The Labute approximate surface area is 102 Å². The Hall–Kier alpha value is -1.22. The third-order valence-corrected chi connectivity index (χ3v) is 3.67. The largest absolute Gasteiger partial charge is 0.508 e. The molecule has 0 aliphatic heterocycles. The van der Waals surface area contributed by atoms with Gasteiger partial charge >= 0.3 is 0 Å². The third-order valence-electron chi connectivity index (χ3n) is 3.67. The summed E-state index contributed by atoms with van der Waals surface area (Å²) in [6, 6.07) is 4.74. The summed E-state index contributed by atoms with van der Waals surface area (Å²) >= 11 is 0.